The first-order valence-corrected chi connectivity index (χ1v) is 5.63. The minimum Gasteiger partial charge on any atom is -0.382 e. The average molecular weight is 214 g/mol. The van der Waals surface area contributed by atoms with Crippen molar-refractivity contribution in [3.8, 4) is 5.69 Å². The molecule has 0 bridgehead atoms. The van der Waals surface area contributed by atoms with Gasteiger partial charge in [0.2, 0.25) is 0 Å². The van der Waals surface area contributed by atoms with E-state index in [0.29, 0.717) is 6.04 Å². The highest BCUT2D eigenvalue weighted by atomic mass is 15.3. The highest BCUT2D eigenvalue weighted by Gasteiger charge is 2.16. The Balaban J connectivity index is 1.74. The van der Waals surface area contributed by atoms with E-state index in [4.69, 9.17) is 0 Å². The first-order valence-electron chi connectivity index (χ1n) is 5.63. The van der Waals surface area contributed by atoms with E-state index in [1.165, 1.54) is 24.9 Å². The number of hydrogen-bond donors (Lipinski definition) is 1. The van der Waals surface area contributed by atoms with E-state index in [0.717, 1.165) is 5.69 Å². The molecule has 4 heteroatoms. The van der Waals surface area contributed by atoms with Crippen molar-refractivity contribution in [1.29, 1.82) is 0 Å². The van der Waals surface area contributed by atoms with Gasteiger partial charge in [-0.2, -0.15) is 5.10 Å². The summed E-state index contributed by atoms with van der Waals surface area (Å²) in [6.07, 6.45) is 7.19. The molecule has 0 saturated heterocycles. The summed E-state index contributed by atoms with van der Waals surface area (Å²) in [4.78, 5) is 3.93. The van der Waals surface area contributed by atoms with E-state index in [2.05, 4.69) is 39.7 Å². The lowest BCUT2D eigenvalue weighted by molar-refractivity contribution is 0.445. The molecule has 1 saturated carbocycles. The number of nitrogens with zero attached hydrogens (tertiary/aromatic N) is 3. The van der Waals surface area contributed by atoms with E-state index in [-0.39, 0.29) is 0 Å². The van der Waals surface area contributed by atoms with Crippen molar-refractivity contribution < 1.29 is 0 Å². The van der Waals surface area contributed by atoms with Crippen molar-refractivity contribution in [3.05, 3.63) is 36.9 Å². The maximum absolute atomic E-state index is 4.09. The van der Waals surface area contributed by atoms with Gasteiger partial charge in [-0.25, -0.2) is 9.67 Å². The van der Waals surface area contributed by atoms with Crippen molar-refractivity contribution in [2.45, 2.75) is 25.3 Å². The van der Waals surface area contributed by atoms with Crippen LogP contribution in [0.25, 0.3) is 5.69 Å². The second-order valence-corrected chi connectivity index (χ2v) is 4.16. The van der Waals surface area contributed by atoms with Gasteiger partial charge in [-0.1, -0.05) is 0 Å². The molecular formula is C12H14N4. The highest BCUT2D eigenvalue weighted by molar-refractivity contribution is 5.49. The fraction of sp³-hybridized carbons (Fsp3) is 0.333. The zero-order valence-electron chi connectivity index (χ0n) is 9.00. The summed E-state index contributed by atoms with van der Waals surface area (Å²) >= 11 is 0. The first-order chi connectivity index (χ1) is 7.92. The predicted octanol–water partition coefficient (Wildman–Crippen LogP) is 2.23. The largest absolute Gasteiger partial charge is 0.382 e. The normalized spacial score (nSPS) is 15.8. The van der Waals surface area contributed by atoms with E-state index >= 15 is 0 Å². The molecule has 0 amide bonds. The molecule has 0 unspecified atom stereocenters. The van der Waals surface area contributed by atoms with Crippen LogP contribution >= 0.6 is 0 Å². The third-order valence-electron chi connectivity index (χ3n) is 3.03. The molecular weight excluding hydrogens is 200 g/mol. The molecule has 1 heterocycles. The smallest absolute Gasteiger partial charge is 0.138 e. The summed E-state index contributed by atoms with van der Waals surface area (Å²) in [7, 11) is 0. The van der Waals surface area contributed by atoms with Crippen LogP contribution in [-0.4, -0.2) is 20.8 Å². The van der Waals surface area contributed by atoms with Crippen LogP contribution in [0.2, 0.25) is 0 Å². The third kappa shape index (κ3) is 1.78. The SMILES string of the molecule is c1ncn(-c2ccc(NC3CCC3)cc2)n1. The molecule has 1 aromatic heterocycles. The Morgan fingerprint density at radius 1 is 1.19 bits per heavy atom. The van der Waals surface area contributed by atoms with Gasteiger partial charge in [-0.05, 0) is 43.5 Å². The minimum absolute atomic E-state index is 0.678. The molecule has 1 aromatic carbocycles. The molecule has 0 spiro atoms. The zero-order chi connectivity index (χ0) is 10.8. The number of hydrogen-bond acceptors (Lipinski definition) is 3. The van der Waals surface area contributed by atoms with Crippen molar-refractivity contribution in [3.63, 3.8) is 0 Å². The standard InChI is InChI=1S/C12H14N4/c1-2-10(3-1)15-11-4-6-12(7-5-11)16-9-13-8-14-16/h4-10,15H,1-3H2. The average Bonchev–Trinajstić information content (AvgIpc) is 2.78. The topological polar surface area (TPSA) is 42.7 Å². The van der Waals surface area contributed by atoms with Crippen LogP contribution < -0.4 is 5.32 Å². The predicted molar refractivity (Wildman–Crippen MR) is 62.6 cm³/mol. The molecule has 0 atom stereocenters. The summed E-state index contributed by atoms with van der Waals surface area (Å²) in [6.45, 7) is 0. The van der Waals surface area contributed by atoms with Gasteiger partial charge >= 0.3 is 0 Å². The number of rotatable bonds is 3. The third-order valence-corrected chi connectivity index (χ3v) is 3.03. The second-order valence-electron chi connectivity index (χ2n) is 4.16. The van der Waals surface area contributed by atoms with Crippen LogP contribution in [0.15, 0.2) is 36.9 Å². The fourth-order valence-corrected chi connectivity index (χ4v) is 1.84. The molecule has 82 valence electrons. The van der Waals surface area contributed by atoms with Crippen LogP contribution in [0.3, 0.4) is 0 Å². The van der Waals surface area contributed by atoms with Gasteiger partial charge in [0.15, 0.2) is 0 Å². The number of nitrogens with one attached hydrogen (secondary N) is 1. The van der Waals surface area contributed by atoms with E-state index in [1.54, 1.807) is 17.3 Å². The monoisotopic (exact) mass is 214 g/mol. The molecule has 1 aliphatic rings. The van der Waals surface area contributed by atoms with Gasteiger partial charge in [-0.15, -0.1) is 0 Å². The number of benzene rings is 1. The minimum atomic E-state index is 0.678. The van der Waals surface area contributed by atoms with Crippen molar-refractivity contribution in [2.24, 2.45) is 0 Å². The van der Waals surface area contributed by atoms with E-state index < -0.39 is 0 Å². The molecule has 0 radical (unpaired) electrons. The number of anilines is 1. The summed E-state index contributed by atoms with van der Waals surface area (Å²) in [5, 5.41) is 7.60. The second kappa shape index (κ2) is 3.96. The van der Waals surface area contributed by atoms with Gasteiger partial charge < -0.3 is 5.32 Å². The van der Waals surface area contributed by atoms with Crippen LogP contribution in [-0.2, 0) is 0 Å². The van der Waals surface area contributed by atoms with Gasteiger partial charge in [0, 0.05) is 11.7 Å². The quantitative estimate of drug-likeness (QED) is 0.852. The lowest BCUT2D eigenvalue weighted by Crippen LogP contribution is -2.26. The molecule has 0 aliphatic heterocycles. The highest BCUT2D eigenvalue weighted by Crippen LogP contribution is 2.23. The molecule has 4 nitrogen and oxygen atoms in total. The summed E-state index contributed by atoms with van der Waals surface area (Å²) in [6, 6.07) is 8.97. The van der Waals surface area contributed by atoms with Crippen LogP contribution in [0.1, 0.15) is 19.3 Å². The Morgan fingerprint density at radius 3 is 2.56 bits per heavy atom. The molecule has 2 aromatic rings. The molecule has 1 aliphatic carbocycles. The van der Waals surface area contributed by atoms with Gasteiger partial charge in [0.25, 0.3) is 0 Å². The van der Waals surface area contributed by atoms with Crippen LogP contribution in [0.4, 0.5) is 5.69 Å². The van der Waals surface area contributed by atoms with Crippen molar-refractivity contribution in [2.75, 3.05) is 5.32 Å². The molecule has 1 N–H and O–H groups in total. The van der Waals surface area contributed by atoms with E-state index in [9.17, 15) is 0 Å². The zero-order valence-corrected chi connectivity index (χ0v) is 9.00. The summed E-state index contributed by atoms with van der Waals surface area (Å²) < 4.78 is 1.76. The van der Waals surface area contributed by atoms with Crippen LogP contribution in [0, 0.1) is 0 Å². The number of aromatic nitrogens is 3. The Morgan fingerprint density at radius 2 is 2.00 bits per heavy atom. The fourth-order valence-electron chi connectivity index (χ4n) is 1.84. The van der Waals surface area contributed by atoms with Gasteiger partial charge in [0.05, 0.1) is 5.69 Å². The summed E-state index contributed by atoms with van der Waals surface area (Å²) in [5.74, 6) is 0. The van der Waals surface area contributed by atoms with Crippen molar-refractivity contribution >= 4 is 5.69 Å². The summed E-state index contributed by atoms with van der Waals surface area (Å²) in [5.41, 5.74) is 2.23. The van der Waals surface area contributed by atoms with Gasteiger partial charge in [0.1, 0.15) is 12.7 Å². The molecule has 3 rings (SSSR count). The Kier molecular flexibility index (Phi) is 2.33. The Hall–Kier alpha value is -1.84. The maximum atomic E-state index is 4.09. The van der Waals surface area contributed by atoms with E-state index in [1.807, 2.05) is 0 Å². The lowest BCUT2D eigenvalue weighted by Gasteiger charge is -2.27. The Bertz CT molecular complexity index is 442. The lowest BCUT2D eigenvalue weighted by atomic mass is 9.93. The van der Waals surface area contributed by atoms with Crippen LogP contribution in [0.5, 0.6) is 0 Å². The molecule has 1 fully saturated rings. The maximum Gasteiger partial charge on any atom is 0.138 e. The Labute approximate surface area is 94.3 Å². The molecule has 16 heavy (non-hydrogen) atoms. The first kappa shape index (κ1) is 9.39. The van der Waals surface area contributed by atoms with Crippen molar-refractivity contribution in [1.82, 2.24) is 14.8 Å². The van der Waals surface area contributed by atoms with Gasteiger partial charge in [-0.3, -0.25) is 0 Å².